The second-order valence-electron chi connectivity index (χ2n) is 6.93. The first kappa shape index (κ1) is 20.5. The number of amides is 1. The van der Waals surface area contributed by atoms with Gasteiger partial charge >= 0.3 is 0 Å². The Morgan fingerprint density at radius 1 is 1.31 bits per heavy atom. The zero-order valence-electron chi connectivity index (χ0n) is 16.4. The highest BCUT2D eigenvalue weighted by molar-refractivity contribution is 9.10. The molecule has 0 radical (unpaired) electrons. The van der Waals surface area contributed by atoms with E-state index in [1.807, 2.05) is 31.3 Å². The van der Waals surface area contributed by atoms with Crippen LogP contribution < -0.4 is 4.90 Å². The van der Waals surface area contributed by atoms with E-state index in [-0.39, 0.29) is 5.91 Å². The van der Waals surface area contributed by atoms with Crippen LogP contribution in [0.2, 0.25) is 0 Å². The number of rotatable bonds is 7. The van der Waals surface area contributed by atoms with Crippen molar-refractivity contribution in [3.63, 3.8) is 0 Å². The number of carbonyl (C=O) groups is 1. The topological polar surface area (TPSA) is 63.5 Å². The van der Waals surface area contributed by atoms with E-state index in [4.69, 9.17) is 9.72 Å². The van der Waals surface area contributed by atoms with Crippen molar-refractivity contribution in [1.29, 1.82) is 0 Å². The van der Waals surface area contributed by atoms with Crippen molar-refractivity contribution in [1.82, 2.24) is 19.7 Å². The van der Waals surface area contributed by atoms with E-state index >= 15 is 0 Å². The van der Waals surface area contributed by atoms with Gasteiger partial charge in [-0.1, -0.05) is 27.3 Å². The first-order valence-electron chi connectivity index (χ1n) is 9.85. The number of anilines is 1. The molecule has 0 saturated carbocycles. The maximum Gasteiger partial charge on any atom is 0.280 e. The maximum absolute atomic E-state index is 13.3. The first-order chi connectivity index (χ1) is 14.1. The average molecular weight is 478 g/mol. The molecule has 0 N–H and O–H groups in total. The molecule has 7 nitrogen and oxygen atoms in total. The molecule has 1 aromatic carbocycles. The van der Waals surface area contributed by atoms with Gasteiger partial charge in [-0.2, -0.15) is 5.10 Å². The Hall–Kier alpha value is -1.81. The third-order valence-electron chi connectivity index (χ3n) is 4.96. The molecule has 154 valence electrons. The van der Waals surface area contributed by atoms with Gasteiger partial charge in [-0.15, -0.1) is 0 Å². The minimum atomic E-state index is -0.0997. The van der Waals surface area contributed by atoms with Crippen molar-refractivity contribution in [2.24, 2.45) is 0 Å². The fourth-order valence-corrected chi connectivity index (χ4v) is 4.89. The Morgan fingerprint density at radius 2 is 2.14 bits per heavy atom. The molecule has 1 aliphatic heterocycles. The van der Waals surface area contributed by atoms with Gasteiger partial charge in [0, 0.05) is 43.4 Å². The van der Waals surface area contributed by atoms with Crippen LogP contribution in [0.15, 0.2) is 34.9 Å². The van der Waals surface area contributed by atoms with Gasteiger partial charge in [0.1, 0.15) is 0 Å². The highest BCUT2D eigenvalue weighted by atomic mass is 79.9. The summed E-state index contributed by atoms with van der Waals surface area (Å²) in [5, 5.41) is 5.13. The summed E-state index contributed by atoms with van der Waals surface area (Å²) in [6, 6.07) is 7.77. The van der Waals surface area contributed by atoms with Crippen LogP contribution in [0.25, 0.3) is 10.2 Å². The number of aryl methyl sites for hydroxylation is 1. The average Bonchev–Trinajstić information content (AvgIpc) is 3.38. The fourth-order valence-electron chi connectivity index (χ4n) is 3.35. The zero-order chi connectivity index (χ0) is 20.2. The number of carbonyl (C=O) groups excluding carboxylic acids is 1. The summed E-state index contributed by atoms with van der Waals surface area (Å²) in [6.45, 7) is 7.75. The normalized spacial score (nSPS) is 15.1. The zero-order valence-corrected chi connectivity index (χ0v) is 18.8. The molecule has 0 atom stereocenters. The highest BCUT2D eigenvalue weighted by Gasteiger charge is 2.23. The summed E-state index contributed by atoms with van der Waals surface area (Å²) >= 11 is 5.05. The van der Waals surface area contributed by atoms with Crippen LogP contribution in [-0.4, -0.2) is 65.0 Å². The largest absolute Gasteiger partial charge is 0.379 e. The van der Waals surface area contributed by atoms with Gasteiger partial charge < -0.3 is 4.74 Å². The van der Waals surface area contributed by atoms with Crippen molar-refractivity contribution in [3.05, 3.63) is 40.6 Å². The van der Waals surface area contributed by atoms with E-state index in [0.717, 1.165) is 65.6 Å². The van der Waals surface area contributed by atoms with Crippen LogP contribution in [0.4, 0.5) is 5.13 Å². The smallest absolute Gasteiger partial charge is 0.280 e. The molecule has 29 heavy (non-hydrogen) atoms. The number of benzene rings is 1. The van der Waals surface area contributed by atoms with Crippen molar-refractivity contribution >= 4 is 48.5 Å². The maximum atomic E-state index is 13.3. The summed E-state index contributed by atoms with van der Waals surface area (Å²) in [4.78, 5) is 22.2. The van der Waals surface area contributed by atoms with Gasteiger partial charge in [0.25, 0.3) is 5.91 Å². The predicted octanol–water partition coefficient (Wildman–Crippen LogP) is 3.64. The summed E-state index contributed by atoms with van der Waals surface area (Å²) in [7, 11) is 0. The predicted molar refractivity (Wildman–Crippen MR) is 119 cm³/mol. The van der Waals surface area contributed by atoms with Gasteiger partial charge in [-0.25, -0.2) is 4.98 Å². The number of thiazole rings is 1. The van der Waals surface area contributed by atoms with Crippen LogP contribution >= 0.6 is 27.3 Å². The van der Waals surface area contributed by atoms with Crippen LogP contribution in [0.5, 0.6) is 0 Å². The number of hydrogen-bond donors (Lipinski definition) is 0. The standard InChI is InChI=1S/C20H24BrN5O2S/c1-2-25-9-6-17(23-25)19(27)26(8-3-7-24-10-12-28-13-11-24)20-22-16-5-4-15(21)14-18(16)29-20/h4-6,9,14H,2-3,7-8,10-13H2,1H3. The molecule has 1 fully saturated rings. The van der Waals surface area contributed by atoms with Crippen molar-refractivity contribution < 1.29 is 9.53 Å². The Labute approximate surface area is 182 Å². The first-order valence-corrected chi connectivity index (χ1v) is 11.5. The summed E-state index contributed by atoms with van der Waals surface area (Å²) in [5.74, 6) is -0.0997. The second-order valence-corrected chi connectivity index (χ2v) is 8.85. The van der Waals surface area contributed by atoms with Gasteiger partial charge in [0.2, 0.25) is 0 Å². The Kier molecular flexibility index (Phi) is 6.59. The molecular weight excluding hydrogens is 454 g/mol. The molecule has 1 aliphatic rings. The highest BCUT2D eigenvalue weighted by Crippen LogP contribution is 2.31. The number of hydrogen-bond acceptors (Lipinski definition) is 6. The Morgan fingerprint density at radius 3 is 2.90 bits per heavy atom. The summed E-state index contributed by atoms with van der Waals surface area (Å²) in [6.07, 6.45) is 2.72. The minimum Gasteiger partial charge on any atom is -0.379 e. The summed E-state index contributed by atoms with van der Waals surface area (Å²) in [5.41, 5.74) is 1.36. The lowest BCUT2D eigenvalue weighted by Crippen LogP contribution is -2.39. The number of halogens is 1. The van der Waals surface area contributed by atoms with E-state index < -0.39 is 0 Å². The number of aromatic nitrogens is 3. The lowest BCUT2D eigenvalue weighted by atomic mass is 10.3. The van der Waals surface area contributed by atoms with E-state index in [9.17, 15) is 4.79 Å². The summed E-state index contributed by atoms with van der Waals surface area (Å²) < 4.78 is 9.25. The van der Waals surface area contributed by atoms with Crippen LogP contribution in [0.1, 0.15) is 23.8 Å². The molecule has 3 aromatic rings. The molecule has 3 heterocycles. The van der Waals surface area contributed by atoms with Crippen LogP contribution in [0.3, 0.4) is 0 Å². The van der Waals surface area contributed by atoms with Crippen LogP contribution in [0, 0.1) is 0 Å². The lowest BCUT2D eigenvalue weighted by molar-refractivity contribution is 0.0376. The number of nitrogens with zero attached hydrogens (tertiary/aromatic N) is 5. The number of morpholine rings is 1. The SMILES string of the molecule is CCn1ccc(C(=O)N(CCCN2CCOCC2)c2nc3ccc(Br)cc3s2)n1. The van der Waals surface area contributed by atoms with E-state index in [1.165, 1.54) is 11.3 Å². The fraction of sp³-hybridized carbons (Fsp3) is 0.450. The molecule has 1 amide bonds. The molecule has 9 heteroatoms. The molecule has 2 aromatic heterocycles. The van der Waals surface area contributed by atoms with E-state index in [1.54, 1.807) is 15.6 Å². The third kappa shape index (κ3) is 4.85. The molecule has 0 aliphatic carbocycles. The molecule has 0 bridgehead atoms. The quantitative estimate of drug-likeness (QED) is 0.519. The second kappa shape index (κ2) is 9.34. The number of ether oxygens (including phenoxy) is 1. The van der Waals surface area contributed by atoms with Gasteiger partial charge in [0.15, 0.2) is 10.8 Å². The van der Waals surface area contributed by atoms with Gasteiger partial charge in [0.05, 0.1) is 23.4 Å². The lowest BCUT2D eigenvalue weighted by Gasteiger charge is -2.27. The van der Waals surface area contributed by atoms with Gasteiger partial charge in [-0.3, -0.25) is 19.3 Å². The number of fused-ring (bicyclic) bond motifs is 1. The molecule has 1 saturated heterocycles. The third-order valence-corrected chi connectivity index (χ3v) is 6.49. The molecule has 0 spiro atoms. The van der Waals surface area contributed by atoms with Crippen molar-refractivity contribution in [3.8, 4) is 0 Å². The van der Waals surface area contributed by atoms with Gasteiger partial charge in [-0.05, 0) is 37.6 Å². The van der Waals surface area contributed by atoms with E-state index in [2.05, 4.69) is 25.9 Å². The minimum absolute atomic E-state index is 0.0997. The Bertz CT molecular complexity index is 982. The Balaban J connectivity index is 1.55. The molecular formula is C20H24BrN5O2S. The van der Waals surface area contributed by atoms with E-state index in [0.29, 0.717) is 12.2 Å². The molecule has 4 rings (SSSR count). The van der Waals surface area contributed by atoms with Crippen LogP contribution in [-0.2, 0) is 11.3 Å². The van der Waals surface area contributed by atoms with Crippen molar-refractivity contribution in [2.45, 2.75) is 19.9 Å². The monoisotopic (exact) mass is 477 g/mol. The molecule has 0 unspecified atom stereocenters. The van der Waals surface area contributed by atoms with Crippen molar-refractivity contribution in [2.75, 3.05) is 44.3 Å².